The van der Waals surface area contributed by atoms with Crippen molar-refractivity contribution in [2.24, 2.45) is 4.99 Å². The van der Waals surface area contributed by atoms with Crippen molar-refractivity contribution in [3.63, 3.8) is 0 Å². The van der Waals surface area contributed by atoms with E-state index in [1.165, 1.54) is 18.9 Å². The number of ether oxygens (including phenoxy) is 2. The van der Waals surface area contributed by atoms with Crippen molar-refractivity contribution in [3.05, 3.63) is 51.9 Å². The molecule has 6 nitrogen and oxygen atoms in total. The number of rotatable bonds is 5. The maximum atomic E-state index is 12.8. The zero-order valence-corrected chi connectivity index (χ0v) is 17.2. The largest absolute Gasteiger partial charge is 0.503 e. The van der Waals surface area contributed by atoms with E-state index in [2.05, 4.69) is 4.99 Å². The van der Waals surface area contributed by atoms with Gasteiger partial charge >= 0.3 is 0 Å². The number of amidine groups is 1. The zero-order chi connectivity index (χ0) is 20.3. The fraction of sp³-hybridized carbons (Fsp3) is 0.200. The van der Waals surface area contributed by atoms with Gasteiger partial charge in [0, 0.05) is 6.54 Å². The Hall–Kier alpha value is -2.64. The lowest BCUT2D eigenvalue weighted by Crippen LogP contribution is -2.28. The summed E-state index contributed by atoms with van der Waals surface area (Å²) < 4.78 is 10.3. The van der Waals surface area contributed by atoms with E-state index >= 15 is 0 Å². The molecule has 0 atom stereocenters. The topological polar surface area (TPSA) is 71.4 Å². The number of benzene rings is 2. The number of phenolic OH excluding ortho intramolecular Hbond substituents is 1. The number of amides is 1. The molecule has 3 rings (SSSR count). The summed E-state index contributed by atoms with van der Waals surface area (Å²) in [5, 5.41) is 10.6. The first-order valence-electron chi connectivity index (χ1n) is 8.47. The Kier molecular flexibility index (Phi) is 6.16. The van der Waals surface area contributed by atoms with Crippen LogP contribution < -0.4 is 9.47 Å². The molecule has 8 heteroatoms. The quantitative estimate of drug-likeness (QED) is 0.713. The van der Waals surface area contributed by atoms with Crippen molar-refractivity contribution < 1.29 is 19.4 Å². The summed E-state index contributed by atoms with van der Waals surface area (Å²) in [5.41, 5.74) is 1.38. The number of phenols is 1. The SMILES string of the molecule is CCN1C(=O)/C(=C/c2cc(Cl)c(O)c(OC)c2)SC1=Nc1ccc(OC)cc1. The number of methoxy groups -OCH3 is 2. The van der Waals surface area contributed by atoms with Gasteiger partial charge in [0.1, 0.15) is 5.75 Å². The number of aromatic hydroxyl groups is 1. The summed E-state index contributed by atoms with van der Waals surface area (Å²) in [4.78, 5) is 19.5. The Bertz CT molecular complexity index is 957. The third-order valence-electron chi connectivity index (χ3n) is 4.07. The summed E-state index contributed by atoms with van der Waals surface area (Å²) in [5.74, 6) is 0.719. The number of hydrogen-bond donors (Lipinski definition) is 1. The normalized spacial score (nSPS) is 16.9. The summed E-state index contributed by atoms with van der Waals surface area (Å²) in [6.07, 6.45) is 1.71. The molecule has 0 saturated carbocycles. The van der Waals surface area contributed by atoms with E-state index in [0.29, 0.717) is 22.2 Å². The molecule has 1 amide bonds. The van der Waals surface area contributed by atoms with E-state index in [-0.39, 0.29) is 22.4 Å². The van der Waals surface area contributed by atoms with E-state index < -0.39 is 0 Å². The summed E-state index contributed by atoms with van der Waals surface area (Å²) in [6.45, 7) is 2.39. The van der Waals surface area contributed by atoms with Crippen LogP contribution in [0.3, 0.4) is 0 Å². The van der Waals surface area contributed by atoms with E-state index in [4.69, 9.17) is 21.1 Å². The molecule has 1 heterocycles. The average molecular weight is 419 g/mol. The van der Waals surface area contributed by atoms with Crippen molar-refractivity contribution >= 4 is 46.2 Å². The van der Waals surface area contributed by atoms with Crippen LogP contribution in [-0.2, 0) is 4.79 Å². The van der Waals surface area contributed by atoms with Crippen LogP contribution in [0, 0.1) is 0 Å². The molecule has 28 heavy (non-hydrogen) atoms. The number of nitrogens with zero attached hydrogens (tertiary/aromatic N) is 2. The molecule has 2 aromatic rings. The molecule has 1 N–H and O–H groups in total. The van der Waals surface area contributed by atoms with Gasteiger partial charge in [-0.25, -0.2) is 4.99 Å². The third-order valence-corrected chi connectivity index (χ3v) is 5.36. The highest BCUT2D eigenvalue weighted by Gasteiger charge is 2.32. The van der Waals surface area contributed by atoms with Crippen LogP contribution in [0.4, 0.5) is 5.69 Å². The van der Waals surface area contributed by atoms with Crippen molar-refractivity contribution in [3.8, 4) is 17.2 Å². The number of carbonyl (C=O) groups excluding carboxylic acids is 1. The summed E-state index contributed by atoms with van der Waals surface area (Å²) in [6, 6.07) is 10.5. The Morgan fingerprint density at radius 1 is 1.21 bits per heavy atom. The van der Waals surface area contributed by atoms with E-state index in [1.54, 1.807) is 30.2 Å². The minimum Gasteiger partial charge on any atom is -0.503 e. The molecule has 0 radical (unpaired) electrons. The fourth-order valence-electron chi connectivity index (χ4n) is 2.62. The first-order valence-corrected chi connectivity index (χ1v) is 9.67. The number of carbonyl (C=O) groups is 1. The second-order valence-corrected chi connectivity index (χ2v) is 7.22. The van der Waals surface area contributed by atoms with Gasteiger partial charge in [-0.05, 0) is 66.7 Å². The van der Waals surface area contributed by atoms with Gasteiger partial charge in [0.15, 0.2) is 16.7 Å². The van der Waals surface area contributed by atoms with E-state index in [0.717, 1.165) is 11.4 Å². The number of hydrogen-bond acceptors (Lipinski definition) is 6. The van der Waals surface area contributed by atoms with Gasteiger partial charge in [-0.1, -0.05) is 11.6 Å². The van der Waals surface area contributed by atoms with Crippen molar-refractivity contribution in [2.45, 2.75) is 6.92 Å². The highest BCUT2D eigenvalue weighted by atomic mass is 35.5. The van der Waals surface area contributed by atoms with Crippen molar-refractivity contribution in [1.82, 2.24) is 4.90 Å². The molecule has 0 aliphatic carbocycles. The minimum atomic E-state index is -0.136. The lowest BCUT2D eigenvalue weighted by atomic mass is 10.2. The number of aliphatic imine (C=N–C) groups is 1. The molecule has 0 unspecified atom stereocenters. The maximum Gasteiger partial charge on any atom is 0.266 e. The van der Waals surface area contributed by atoms with Gasteiger partial charge < -0.3 is 14.6 Å². The van der Waals surface area contributed by atoms with Gasteiger partial charge in [0.2, 0.25) is 0 Å². The fourth-order valence-corrected chi connectivity index (χ4v) is 3.90. The standard InChI is InChI=1S/C20H19ClN2O4S/c1-4-23-19(25)17(11-12-9-15(21)18(24)16(10-12)27-3)28-20(23)22-13-5-7-14(26-2)8-6-13/h5-11,24H,4H2,1-3H3/b17-11-,22-20?. The number of thioether (sulfide) groups is 1. The van der Waals surface area contributed by atoms with Crippen LogP contribution in [-0.4, -0.2) is 41.8 Å². The van der Waals surface area contributed by atoms with Gasteiger partial charge in [0.25, 0.3) is 5.91 Å². The minimum absolute atomic E-state index is 0.131. The van der Waals surface area contributed by atoms with E-state index in [9.17, 15) is 9.90 Å². The second-order valence-electron chi connectivity index (χ2n) is 5.81. The third kappa shape index (κ3) is 4.10. The number of halogens is 1. The Morgan fingerprint density at radius 3 is 2.54 bits per heavy atom. The highest BCUT2D eigenvalue weighted by Crippen LogP contribution is 2.38. The van der Waals surface area contributed by atoms with Gasteiger partial charge in [-0.2, -0.15) is 0 Å². The molecule has 2 aromatic carbocycles. The molecule has 1 saturated heterocycles. The van der Waals surface area contributed by atoms with Gasteiger partial charge in [0.05, 0.1) is 29.8 Å². The summed E-state index contributed by atoms with van der Waals surface area (Å²) in [7, 11) is 3.04. The molecule has 1 aliphatic heterocycles. The van der Waals surface area contributed by atoms with Crippen LogP contribution in [0.2, 0.25) is 5.02 Å². The lowest BCUT2D eigenvalue weighted by molar-refractivity contribution is -0.122. The van der Waals surface area contributed by atoms with Crippen LogP contribution in [0.15, 0.2) is 46.3 Å². The average Bonchev–Trinajstić information content (AvgIpc) is 2.99. The Balaban J connectivity index is 1.93. The molecule has 0 aromatic heterocycles. The van der Waals surface area contributed by atoms with Gasteiger partial charge in [-0.3, -0.25) is 9.69 Å². The van der Waals surface area contributed by atoms with Crippen molar-refractivity contribution in [2.75, 3.05) is 20.8 Å². The lowest BCUT2D eigenvalue weighted by Gasteiger charge is -2.12. The second kappa shape index (κ2) is 8.58. The molecular weight excluding hydrogens is 400 g/mol. The smallest absolute Gasteiger partial charge is 0.266 e. The van der Waals surface area contributed by atoms with Gasteiger partial charge in [-0.15, -0.1) is 0 Å². The van der Waals surface area contributed by atoms with Crippen LogP contribution in [0.25, 0.3) is 6.08 Å². The molecule has 1 fully saturated rings. The predicted molar refractivity (Wildman–Crippen MR) is 113 cm³/mol. The van der Waals surface area contributed by atoms with Crippen LogP contribution >= 0.6 is 23.4 Å². The molecule has 0 bridgehead atoms. The summed E-state index contributed by atoms with van der Waals surface area (Å²) >= 11 is 7.33. The highest BCUT2D eigenvalue weighted by molar-refractivity contribution is 8.18. The molecule has 146 valence electrons. The van der Waals surface area contributed by atoms with Crippen LogP contribution in [0.5, 0.6) is 17.2 Å². The first kappa shape index (κ1) is 20.1. The van der Waals surface area contributed by atoms with Crippen molar-refractivity contribution in [1.29, 1.82) is 0 Å². The predicted octanol–water partition coefficient (Wildman–Crippen LogP) is 4.69. The maximum absolute atomic E-state index is 12.8. The Labute approximate surface area is 172 Å². The molecule has 1 aliphatic rings. The van der Waals surface area contributed by atoms with Crippen LogP contribution in [0.1, 0.15) is 12.5 Å². The van der Waals surface area contributed by atoms with E-state index in [1.807, 2.05) is 31.2 Å². The first-order chi connectivity index (χ1) is 13.5. The number of likely N-dealkylation sites (N-methyl/N-ethyl adjacent to an activating group) is 1. The molecular formula is C20H19ClN2O4S. The zero-order valence-electron chi connectivity index (χ0n) is 15.6. The monoisotopic (exact) mass is 418 g/mol. The Morgan fingerprint density at radius 2 is 1.93 bits per heavy atom. The molecule has 0 spiro atoms.